The number of nitrogens with zero attached hydrogens (tertiary/aromatic N) is 1. The first kappa shape index (κ1) is 16.8. The van der Waals surface area contributed by atoms with Crippen LogP contribution in [0.2, 0.25) is 0 Å². The molecule has 0 aromatic rings. The predicted octanol–water partition coefficient (Wildman–Crippen LogP) is 1.47. The van der Waals surface area contributed by atoms with E-state index in [1.807, 2.05) is 13.8 Å². The van der Waals surface area contributed by atoms with E-state index in [4.69, 9.17) is 15.7 Å². The minimum atomic E-state index is -0.985. The Balaban J connectivity index is 2.73. The third-order valence-corrected chi connectivity index (χ3v) is 4.73. The molecule has 0 spiro atoms. The average molecular weight is 285 g/mol. The van der Waals surface area contributed by atoms with Crippen LogP contribution in [0, 0.1) is 10.8 Å². The van der Waals surface area contributed by atoms with Crippen LogP contribution in [-0.2, 0) is 9.53 Å². The SMILES string of the molecule is CCOC1CC(NC(=O)C(C)(CC)C(N)=NO)C1(C)C. The number of carbonyl (C=O) groups excluding carboxylic acids is 1. The molecule has 0 aromatic heterocycles. The average Bonchev–Trinajstić information content (AvgIpc) is 2.44. The zero-order valence-corrected chi connectivity index (χ0v) is 13.1. The number of carbonyl (C=O) groups is 1. The number of oxime groups is 1. The maximum atomic E-state index is 12.4. The quantitative estimate of drug-likeness (QED) is 0.298. The number of amidine groups is 1. The molecule has 3 atom stereocenters. The monoisotopic (exact) mass is 285 g/mol. The molecule has 0 saturated heterocycles. The molecule has 1 rings (SSSR count). The van der Waals surface area contributed by atoms with E-state index in [1.54, 1.807) is 6.92 Å². The summed E-state index contributed by atoms with van der Waals surface area (Å²) in [4.78, 5) is 12.4. The van der Waals surface area contributed by atoms with E-state index in [0.717, 1.165) is 6.42 Å². The van der Waals surface area contributed by atoms with E-state index in [1.165, 1.54) is 0 Å². The van der Waals surface area contributed by atoms with Crippen LogP contribution < -0.4 is 11.1 Å². The van der Waals surface area contributed by atoms with Crippen LogP contribution >= 0.6 is 0 Å². The van der Waals surface area contributed by atoms with Crippen molar-refractivity contribution in [3.05, 3.63) is 0 Å². The molecule has 1 saturated carbocycles. The highest BCUT2D eigenvalue weighted by Crippen LogP contribution is 2.43. The van der Waals surface area contributed by atoms with Gasteiger partial charge in [-0.3, -0.25) is 4.79 Å². The Bertz CT molecular complexity index is 395. The van der Waals surface area contributed by atoms with Crippen molar-refractivity contribution in [3.63, 3.8) is 0 Å². The first-order valence-electron chi connectivity index (χ1n) is 7.14. The van der Waals surface area contributed by atoms with Crippen molar-refractivity contribution in [1.29, 1.82) is 0 Å². The summed E-state index contributed by atoms with van der Waals surface area (Å²) in [5.74, 6) is -0.265. The minimum absolute atomic E-state index is 0.0453. The van der Waals surface area contributed by atoms with E-state index in [-0.39, 0.29) is 29.3 Å². The van der Waals surface area contributed by atoms with Crippen LogP contribution in [0.15, 0.2) is 5.16 Å². The van der Waals surface area contributed by atoms with Crippen LogP contribution in [0.3, 0.4) is 0 Å². The van der Waals surface area contributed by atoms with E-state index in [9.17, 15) is 4.79 Å². The van der Waals surface area contributed by atoms with Crippen molar-refractivity contribution in [2.45, 2.75) is 59.6 Å². The van der Waals surface area contributed by atoms with Crippen LogP contribution in [0.25, 0.3) is 0 Å². The lowest BCUT2D eigenvalue weighted by molar-refractivity contribution is -0.141. The van der Waals surface area contributed by atoms with Crippen LogP contribution in [-0.4, -0.2) is 35.7 Å². The molecule has 3 unspecified atom stereocenters. The number of amides is 1. The zero-order chi connectivity index (χ0) is 15.6. The fourth-order valence-electron chi connectivity index (χ4n) is 2.50. The van der Waals surface area contributed by atoms with E-state index in [0.29, 0.717) is 13.0 Å². The summed E-state index contributed by atoms with van der Waals surface area (Å²) < 4.78 is 5.65. The van der Waals surface area contributed by atoms with Crippen molar-refractivity contribution in [2.75, 3.05) is 6.61 Å². The Kier molecular flexibility index (Phi) is 5.02. The number of hydrogen-bond acceptors (Lipinski definition) is 4. The molecule has 1 aliphatic rings. The van der Waals surface area contributed by atoms with Gasteiger partial charge in [-0.05, 0) is 26.7 Å². The maximum absolute atomic E-state index is 12.4. The summed E-state index contributed by atoms with van der Waals surface area (Å²) in [6.07, 6.45) is 1.42. The molecule has 0 aromatic carbocycles. The summed E-state index contributed by atoms with van der Waals surface area (Å²) in [6.45, 7) is 10.3. The summed E-state index contributed by atoms with van der Waals surface area (Å²) in [6, 6.07) is 0.0453. The van der Waals surface area contributed by atoms with Gasteiger partial charge in [-0.25, -0.2) is 0 Å². The lowest BCUT2D eigenvalue weighted by Crippen LogP contribution is -2.64. The van der Waals surface area contributed by atoms with Gasteiger partial charge in [0, 0.05) is 18.1 Å². The van der Waals surface area contributed by atoms with Crippen molar-refractivity contribution in [1.82, 2.24) is 5.32 Å². The van der Waals surface area contributed by atoms with Crippen LogP contribution in [0.1, 0.15) is 47.5 Å². The van der Waals surface area contributed by atoms with Gasteiger partial charge >= 0.3 is 0 Å². The van der Waals surface area contributed by atoms with Gasteiger partial charge in [-0.1, -0.05) is 25.9 Å². The molecule has 116 valence electrons. The van der Waals surface area contributed by atoms with Gasteiger partial charge in [0.25, 0.3) is 0 Å². The second kappa shape index (κ2) is 5.99. The summed E-state index contributed by atoms with van der Waals surface area (Å²) in [5.41, 5.74) is 4.56. The third-order valence-electron chi connectivity index (χ3n) is 4.73. The highest BCUT2D eigenvalue weighted by atomic mass is 16.5. The van der Waals surface area contributed by atoms with Gasteiger partial charge in [0.05, 0.1) is 6.10 Å². The fourth-order valence-corrected chi connectivity index (χ4v) is 2.50. The predicted molar refractivity (Wildman–Crippen MR) is 77.5 cm³/mol. The first-order valence-corrected chi connectivity index (χ1v) is 7.14. The largest absolute Gasteiger partial charge is 0.409 e. The Morgan fingerprint density at radius 1 is 1.55 bits per heavy atom. The highest BCUT2D eigenvalue weighted by Gasteiger charge is 2.51. The molecule has 4 N–H and O–H groups in total. The Morgan fingerprint density at radius 3 is 2.55 bits per heavy atom. The molecular weight excluding hydrogens is 258 g/mol. The third kappa shape index (κ3) is 2.75. The smallest absolute Gasteiger partial charge is 0.233 e. The topological polar surface area (TPSA) is 96.9 Å². The molecule has 0 heterocycles. The van der Waals surface area contributed by atoms with Gasteiger partial charge in [-0.2, -0.15) is 0 Å². The van der Waals surface area contributed by atoms with Gasteiger partial charge < -0.3 is 21.0 Å². The van der Waals surface area contributed by atoms with Crippen molar-refractivity contribution < 1.29 is 14.7 Å². The van der Waals surface area contributed by atoms with Gasteiger partial charge in [0.2, 0.25) is 5.91 Å². The van der Waals surface area contributed by atoms with Crippen molar-refractivity contribution >= 4 is 11.7 Å². The Hall–Kier alpha value is -1.30. The summed E-state index contributed by atoms with van der Waals surface area (Å²) in [5, 5.41) is 14.8. The van der Waals surface area contributed by atoms with Crippen LogP contribution in [0.5, 0.6) is 0 Å². The number of nitrogens with one attached hydrogen (secondary N) is 1. The van der Waals surface area contributed by atoms with E-state index >= 15 is 0 Å². The van der Waals surface area contributed by atoms with Crippen LogP contribution in [0.4, 0.5) is 0 Å². The Morgan fingerprint density at radius 2 is 2.15 bits per heavy atom. The van der Waals surface area contributed by atoms with Gasteiger partial charge in [0.1, 0.15) is 5.41 Å². The highest BCUT2D eigenvalue weighted by molar-refractivity contribution is 6.06. The molecule has 6 heteroatoms. The first-order chi connectivity index (χ1) is 9.23. The van der Waals surface area contributed by atoms with Gasteiger partial charge in [0.15, 0.2) is 5.84 Å². The van der Waals surface area contributed by atoms with E-state index < -0.39 is 5.41 Å². The number of ether oxygens (including phenoxy) is 1. The standard InChI is InChI=1S/C14H27N3O3/c1-6-14(5,11(15)17-19)12(18)16-9-8-10(20-7-2)13(9,3)4/h9-10,19H,6-8H2,1-5H3,(H2,15,17)(H,16,18). The molecule has 0 radical (unpaired) electrons. The summed E-state index contributed by atoms with van der Waals surface area (Å²) >= 11 is 0. The Labute approximate surface area is 120 Å². The minimum Gasteiger partial charge on any atom is -0.409 e. The second-order valence-electron chi connectivity index (χ2n) is 6.20. The lowest BCUT2D eigenvalue weighted by Gasteiger charge is -2.52. The molecule has 0 bridgehead atoms. The molecular formula is C14H27N3O3. The van der Waals surface area contributed by atoms with Crippen molar-refractivity contribution in [2.24, 2.45) is 21.7 Å². The zero-order valence-electron chi connectivity index (χ0n) is 13.1. The molecule has 1 aliphatic carbocycles. The molecule has 20 heavy (non-hydrogen) atoms. The van der Waals surface area contributed by atoms with E-state index in [2.05, 4.69) is 24.3 Å². The number of rotatable bonds is 6. The summed E-state index contributed by atoms with van der Waals surface area (Å²) in [7, 11) is 0. The van der Waals surface area contributed by atoms with Gasteiger partial charge in [-0.15, -0.1) is 0 Å². The molecule has 0 aliphatic heterocycles. The fraction of sp³-hybridized carbons (Fsp3) is 0.857. The van der Waals surface area contributed by atoms with Crippen molar-refractivity contribution in [3.8, 4) is 0 Å². The lowest BCUT2D eigenvalue weighted by atomic mass is 9.64. The molecule has 6 nitrogen and oxygen atoms in total. The number of nitrogens with two attached hydrogens (primary N) is 1. The molecule has 1 amide bonds. The maximum Gasteiger partial charge on any atom is 0.233 e. The second-order valence-corrected chi connectivity index (χ2v) is 6.20. The number of hydrogen-bond donors (Lipinski definition) is 3. The normalized spacial score (nSPS) is 28.4. The molecule has 1 fully saturated rings.